The molecule has 0 nitrogen and oxygen atoms in total. The van der Waals surface area contributed by atoms with Gasteiger partial charge in [-0.3, -0.25) is 0 Å². The number of halogens is 2. The molecule has 0 N–H and O–H groups in total. The quantitative estimate of drug-likeness (QED) is 0.371. The van der Waals surface area contributed by atoms with Gasteiger partial charge in [0, 0.05) is 0 Å². The van der Waals surface area contributed by atoms with Crippen molar-refractivity contribution in [1.82, 2.24) is 0 Å². The lowest BCUT2D eigenvalue weighted by atomic mass is 9.76. The molecule has 2 aliphatic carbocycles. The van der Waals surface area contributed by atoms with Crippen LogP contribution in [0.4, 0.5) is 8.78 Å². The van der Waals surface area contributed by atoms with Gasteiger partial charge in [0.25, 0.3) is 0 Å². The van der Waals surface area contributed by atoms with Crippen LogP contribution < -0.4 is 0 Å². The highest BCUT2D eigenvalue weighted by Gasteiger charge is 2.26. The number of unbranched alkanes of at least 4 members (excludes halogenated alkanes) is 4. The van der Waals surface area contributed by atoms with E-state index in [-0.39, 0.29) is 17.6 Å². The highest BCUT2D eigenvalue weighted by atomic mass is 19.1. The molecule has 0 aliphatic heterocycles. The number of fused-ring (bicyclic) bond motifs is 1. The second-order valence-corrected chi connectivity index (χ2v) is 10.1. The predicted molar refractivity (Wildman–Crippen MR) is 126 cm³/mol. The van der Waals surface area contributed by atoms with E-state index in [2.05, 4.69) is 13.0 Å². The molecular weight excluding hydrogens is 386 g/mol. The summed E-state index contributed by atoms with van der Waals surface area (Å²) in [6, 6.07) is 11.1. The van der Waals surface area contributed by atoms with Crippen molar-refractivity contribution in [2.45, 2.75) is 102 Å². The molecule has 0 amide bonds. The molecule has 31 heavy (non-hydrogen) atoms. The first-order chi connectivity index (χ1) is 15.1. The summed E-state index contributed by atoms with van der Waals surface area (Å²) < 4.78 is 28.6. The summed E-state index contributed by atoms with van der Waals surface area (Å²) in [5.41, 5.74) is 4.31. The van der Waals surface area contributed by atoms with Gasteiger partial charge in [0.05, 0.1) is 0 Å². The van der Waals surface area contributed by atoms with Gasteiger partial charge in [0.1, 0.15) is 11.6 Å². The van der Waals surface area contributed by atoms with E-state index in [0.29, 0.717) is 5.92 Å². The summed E-state index contributed by atoms with van der Waals surface area (Å²) >= 11 is 0. The number of hydrogen-bond donors (Lipinski definition) is 0. The van der Waals surface area contributed by atoms with Gasteiger partial charge >= 0.3 is 0 Å². The van der Waals surface area contributed by atoms with Crippen molar-refractivity contribution in [3.8, 4) is 0 Å². The van der Waals surface area contributed by atoms with Crippen LogP contribution in [0.5, 0.6) is 0 Å². The summed E-state index contributed by atoms with van der Waals surface area (Å²) in [5.74, 6) is 1.41. The summed E-state index contributed by atoms with van der Waals surface area (Å²) in [5, 5.41) is 0. The summed E-state index contributed by atoms with van der Waals surface area (Å²) in [4.78, 5) is 0. The second kappa shape index (κ2) is 10.7. The zero-order chi connectivity index (χ0) is 21.6. The third-order valence-electron chi connectivity index (χ3n) is 7.90. The fraction of sp³-hybridized carbons (Fsp3) is 0.586. The highest BCUT2D eigenvalue weighted by Crippen LogP contribution is 2.40. The Labute approximate surface area is 187 Å². The van der Waals surface area contributed by atoms with Crippen LogP contribution in [-0.2, 0) is 12.8 Å². The number of hydrogen-bond acceptors (Lipinski definition) is 0. The van der Waals surface area contributed by atoms with Crippen molar-refractivity contribution in [3.05, 3.63) is 70.3 Å². The van der Waals surface area contributed by atoms with Crippen LogP contribution in [0.1, 0.15) is 112 Å². The SMILES string of the molecule is CCCCCCCC1CCC(c2ccc(C3CCc4cc(F)ccc4C3)c(F)c2)CC1. The van der Waals surface area contributed by atoms with Crippen LogP contribution in [0.25, 0.3) is 0 Å². The molecule has 0 aromatic heterocycles. The lowest BCUT2D eigenvalue weighted by molar-refractivity contribution is 0.301. The van der Waals surface area contributed by atoms with Gasteiger partial charge in [-0.25, -0.2) is 8.78 Å². The van der Waals surface area contributed by atoms with E-state index in [4.69, 9.17) is 0 Å². The molecule has 0 saturated heterocycles. The average molecular weight is 425 g/mol. The fourth-order valence-corrected chi connectivity index (χ4v) is 5.94. The number of benzene rings is 2. The molecule has 2 aliphatic rings. The van der Waals surface area contributed by atoms with Gasteiger partial charge in [-0.1, -0.05) is 63.6 Å². The molecule has 2 heteroatoms. The highest BCUT2D eigenvalue weighted by molar-refractivity contribution is 5.36. The van der Waals surface area contributed by atoms with Gasteiger partial charge in [0.15, 0.2) is 0 Å². The Morgan fingerprint density at radius 3 is 2.35 bits per heavy atom. The lowest BCUT2D eigenvalue weighted by Gasteiger charge is -2.30. The first kappa shape index (κ1) is 22.5. The molecule has 1 fully saturated rings. The molecule has 1 saturated carbocycles. The largest absolute Gasteiger partial charge is 0.207 e. The van der Waals surface area contributed by atoms with Gasteiger partial charge in [-0.2, -0.15) is 0 Å². The van der Waals surface area contributed by atoms with E-state index >= 15 is 4.39 Å². The van der Waals surface area contributed by atoms with Gasteiger partial charge in [-0.15, -0.1) is 0 Å². The third-order valence-corrected chi connectivity index (χ3v) is 7.90. The maximum absolute atomic E-state index is 15.1. The Hall–Kier alpha value is -1.70. The van der Waals surface area contributed by atoms with Crippen molar-refractivity contribution < 1.29 is 8.78 Å². The second-order valence-electron chi connectivity index (χ2n) is 10.1. The maximum atomic E-state index is 15.1. The molecule has 2 aromatic rings. The standard InChI is InChI=1S/C29H38F2/c1-2-3-4-5-6-7-21-8-10-22(11-9-21)25-15-17-28(29(31)20-25)26-13-12-24-19-27(30)16-14-23(24)18-26/h14-17,19-22,26H,2-13,18H2,1H3. The first-order valence-electron chi connectivity index (χ1n) is 12.7. The molecule has 1 unspecified atom stereocenters. The Balaban J connectivity index is 1.31. The van der Waals surface area contributed by atoms with E-state index < -0.39 is 0 Å². The molecule has 1 atom stereocenters. The van der Waals surface area contributed by atoms with Crippen molar-refractivity contribution in [2.75, 3.05) is 0 Å². The number of rotatable bonds is 8. The van der Waals surface area contributed by atoms with E-state index in [1.165, 1.54) is 81.4 Å². The van der Waals surface area contributed by atoms with Crippen molar-refractivity contribution >= 4 is 0 Å². The summed E-state index contributed by atoms with van der Waals surface area (Å²) in [6.45, 7) is 2.27. The van der Waals surface area contributed by atoms with E-state index in [0.717, 1.165) is 36.3 Å². The molecule has 0 bridgehead atoms. The minimum absolute atomic E-state index is 0.0360. The zero-order valence-electron chi connectivity index (χ0n) is 19.1. The van der Waals surface area contributed by atoms with Crippen LogP contribution in [0.15, 0.2) is 36.4 Å². The fourth-order valence-electron chi connectivity index (χ4n) is 5.94. The topological polar surface area (TPSA) is 0 Å². The molecule has 0 radical (unpaired) electrons. The van der Waals surface area contributed by atoms with Crippen LogP contribution in [0.2, 0.25) is 0 Å². The lowest BCUT2D eigenvalue weighted by Crippen LogP contribution is -2.16. The van der Waals surface area contributed by atoms with E-state index in [1.54, 1.807) is 6.07 Å². The van der Waals surface area contributed by atoms with E-state index in [1.807, 2.05) is 18.2 Å². The third kappa shape index (κ3) is 5.76. The molecule has 4 rings (SSSR count). The van der Waals surface area contributed by atoms with Crippen LogP contribution in [0.3, 0.4) is 0 Å². The van der Waals surface area contributed by atoms with Crippen molar-refractivity contribution in [2.24, 2.45) is 5.92 Å². The molecule has 168 valence electrons. The van der Waals surface area contributed by atoms with Gasteiger partial charge in [0.2, 0.25) is 0 Å². The molecule has 0 heterocycles. The smallest absolute Gasteiger partial charge is 0.126 e. The minimum atomic E-state index is -0.168. The average Bonchev–Trinajstić information content (AvgIpc) is 2.79. The Bertz CT molecular complexity index is 848. The Morgan fingerprint density at radius 1 is 0.774 bits per heavy atom. The molecule has 0 spiro atoms. The Morgan fingerprint density at radius 2 is 1.58 bits per heavy atom. The van der Waals surface area contributed by atoms with Crippen LogP contribution in [0, 0.1) is 17.6 Å². The summed E-state index contributed by atoms with van der Waals surface area (Å²) in [7, 11) is 0. The number of aryl methyl sites for hydroxylation is 1. The van der Waals surface area contributed by atoms with Gasteiger partial charge < -0.3 is 0 Å². The zero-order valence-corrected chi connectivity index (χ0v) is 19.1. The van der Waals surface area contributed by atoms with E-state index in [9.17, 15) is 4.39 Å². The predicted octanol–water partition coefficient (Wildman–Crippen LogP) is 8.87. The minimum Gasteiger partial charge on any atom is -0.207 e. The summed E-state index contributed by atoms with van der Waals surface area (Å²) in [6.07, 6.45) is 15.8. The van der Waals surface area contributed by atoms with Crippen LogP contribution in [-0.4, -0.2) is 0 Å². The first-order valence-corrected chi connectivity index (χ1v) is 12.7. The molecule has 2 aromatic carbocycles. The monoisotopic (exact) mass is 424 g/mol. The van der Waals surface area contributed by atoms with Crippen molar-refractivity contribution in [1.29, 1.82) is 0 Å². The van der Waals surface area contributed by atoms with Crippen LogP contribution >= 0.6 is 0 Å². The normalized spacial score (nSPS) is 23.5. The molecular formula is C29H38F2. The van der Waals surface area contributed by atoms with Crippen molar-refractivity contribution in [3.63, 3.8) is 0 Å². The van der Waals surface area contributed by atoms with Gasteiger partial charge in [-0.05, 0) is 103 Å². The Kier molecular flexibility index (Phi) is 7.80. The maximum Gasteiger partial charge on any atom is 0.126 e.